The first-order valence-corrected chi connectivity index (χ1v) is 9.67. The lowest BCUT2D eigenvalue weighted by atomic mass is 10.0. The minimum atomic E-state index is -0.0237. The lowest BCUT2D eigenvalue weighted by Crippen LogP contribution is -2.33. The van der Waals surface area contributed by atoms with E-state index in [2.05, 4.69) is 17.6 Å². The van der Waals surface area contributed by atoms with Crippen LogP contribution in [0, 0.1) is 0 Å². The summed E-state index contributed by atoms with van der Waals surface area (Å²) in [5, 5.41) is 6.23. The summed E-state index contributed by atoms with van der Waals surface area (Å²) in [7, 11) is 0. The van der Waals surface area contributed by atoms with Crippen molar-refractivity contribution in [1.82, 2.24) is 5.32 Å². The number of carbonyl (C=O) groups is 1. The van der Waals surface area contributed by atoms with E-state index in [1.165, 1.54) is 0 Å². The molecule has 0 aromatic heterocycles. The molecule has 3 rings (SSSR count). The number of carbonyl (C=O) groups excluding carboxylic acids is 1. The van der Waals surface area contributed by atoms with E-state index >= 15 is 0 Å². The Morgan fingerprint density at radius 3 is 2.63 bits per heavy atom. The van der Waals surface area contributed by atoms with Crippen LogP contribution in [0.15, 0.2) is 54.6 Å². The third kappa shape index (κ3) is 6.00. The van der Waals surface area contributed by atoms with Gasteiger partial charge in [-0.05, 0) is 49.1 Å². The molecule has 0 spiro atoms. The fourth-order valence-corrected chi connectivity index (χ4v) is 3.17. The molecule has 1 amide bonds. The SMILES string of the molecule is CCC(NC(=O)CNc1ccc(OCC2CCCO2)cc1)c1ccccc1. The number of hydrogen-bond acceptors (Lipinski definition) is 4. The lowest BCUT2D eigenvalue weighted by molar-refractivity contribution is -0.120. The number of nitrogens with one attached hydrogen (secondary N) is 2. The van der Waals surface area contributed by atoms with Gasteiger partial charge in [-0.15, -0.1) is 0 Å². The standard InChI is InChI=1S/C22H28N2O3/c1-2-21(17-7-4-3-5-8-17)24-22(25)15-23-18-10-12-19(13-11-18)27-16-20-9-6-14-26-20/h3-5,7-8,10-13,20-21,23H,2,6,9,14-16H2,1H3,(H,24,25). The Bertz CT molecular complexity index is 697. The van der Waals surface area contributed by atoms with Gasteiger partial charge in [0.15, 0.2) is 0 Å². The van der Waals surface area contributed by atoms with Crippen molar-refractivity contribution in [3.63, 3.8) is 0 Å². The second-order valence-corrected chi connectivity index (χ2v) is 6.76. The maximum Gasteiger partial charge on any atom is 0.239 e. The van der Waals surface area contributed by atoms with Gasteiger partial charge in [0, 0.05) is 12.3 Å². The topological polar surface area (TPSA) is 59.6 Å². The maximum absolute atomic E-state index is 12.3. The molecular formula is C22H28N2O3. The number of anilines is 1. The molecule has 0 bridgehead atoms. The molecule has 1 fully saturated rings. The predicted octanol–water partition coefficient (Wildman–Crippen LogP) is 3.92. The van der Waals surface area contributed by atoms with Gasteiger partial charge in [0.25, 0.3) is 0 Å². The van der Waals surface area contributed by atoms with E-state index in [9.17, 15) is 4.79 Å². The summed E-state index contributed by atoms with van der Waals surface area (Å²) >= 11 is 0. The molecule has 2 N–H and O–H groups in total. The third-order valence-electron chi connectivity index (χ3n) is 4.71. The maximum atomic E-state index is 12.3. The highest BCUT2D eigenvalue weighted by atomic mass is 16.5. The van der Waals surface area contributed by atoms with Crippen molar-refractivity contribution in [3.05, 3.63) is 60.2 Å². The minimum Gasteiger partial charge on any atom is -0.491 e. The van der Waals surface area contributed by atoms with Crippen LogP contribution in [-0.2, 0) is 9.53 Å². The van der Waals surface area contributed by atoms with Gasteiger partial charge < -0.3 is 20.1 Å². The molecule has 0 aliphatic carbocycles. The molecule has 144 valence electrons. The Morgan fingerprint density at radius 1 is 1.19 bits per heavy atom. The van der Waals surface area contributed by atoms with Gasteiger partial charge in [0.2, 0.25) is 5.91 Å². The monoisotopic (exact) mass is 368 g/mol. The fourth-order valence-electron chi connectivity index (χ4n) is 3.17. The second-order valence-electron chi connectivity index (χ2n) is 6.76. The van der Waals surface area contributed by atoms with Crippen LogP contribution in [0.3, 0.4) is 0 Å². The molecule has 1 saturated heterocycles. The Kier molecular flexibility index (Phi) is 7.11. The highest BCUT2D eigenvalue weighted by molar-refractivity contribution is 5.81. The number of hydrogen-bond donors (Lipinski definition) is 2. The molecule has 2 aromatic carbocycles. The average Bonchev–Trinajstić information content (AvgIpc) is 3.24. The van der Waals surface area contributed by atoms with E-state index in [-0.39, 0.29) is 24.6 Å². The summed E-state index contributed by atoms with van der Waals surface area (Å²) in [6.07, 6.45) is 3.24. The smallest absolute Gasteiger partial charge is 0.239 e. The zero-order valence-electron chi connectivity index (χ0n) is 15.8. The molecule has 1 aliphatic heterocycles. The largest absolute Gasteiger partial charge is 0.491 e. The van der Waals surface area contributed by atoms with Crippen molar-refractivity contribution in [2.75, 3.05) is 25.1 Å². The molecule has 0 radical (unpaired) electrons. The number of amides is 1. The molecule has 2 atom stereocenters. The Balaban J connectivity index is 1.42. The molecule has 27 heavy (non-hydrogen) atoms. The van der Waals surface area contributed by atoms with Crippen LogP contribution in [0.4, 0.5) is 5.69 Å². The van der Waals surface area contributed by atoms with Crippen LogP contribution in [0.25, 0.3) is 0 Å². The molecule has 5 nitrogen and oxygen atoms in total. The first-order valence-electron chi connectivity index (χ1n) is 9.67. The third-order valence-corrected chi connectivity index (χ3v) is 4.71. The number of rotatable bonds is 9. The average molecular weight is 368 g/mol. The summed E-state index contributed by atoms with van der Waals surface area (Å²) in [4.78, 5) is 12.3. The van der Waals surface area contributed by atoms with Crippen molar-refractivity contribution in [1.29, 1.82) is 0 Å². The molecule has 2 unspecified atom stereocenters. The molecule has 1 heterocycles. The van der Waals surface area contributed by atoms with Crippen molar-refractivity contribution < 1.29 is 14.3 Å². The van der Waals surface area contributed by atoms with Gasteiger partial charge in [-0.1, -0.05) is 37.3 Å². The quantitative estimate of drug-likeness (QED) is 0.704. The summed E-state index contributed by atoms with van der Waals surface area (Å²) in [5.74, 6) is 0.792. The van der Waals surface area contributed by atoms with Crippen LogP contribution >= 0.6 is 0 Å². The zero-order chi connectivity index (χ0) is 18.9. The van der Waals surface area contributed by atoms with Gasteiger partial charge in [-0.3, -0.25) is 4.79 Å². The lowest BCUT2D eigenvalue weighted by Gasteiger charge is -2.18. The van der Waals surface area contributed by atoms with Crippen LogP contribution in [0.2, 0.25) is 0 Å². The normalized spacial score (nSPS) is 17.3. The summed E-state index contributed by atoms with van der Waals surface area (Å²) in [6, 6.07) is 17.7. The fraction of sp³-hybridized carbons (Fsp3) is 0.409. The molecule has 0 saturated carbocycles. The Morgan fingerprint density at radius 2 is 1.96 bits per heavy atom. The first-order chi connectivity index (χ1) is 13.2. The Labute approximate surface area is 161 Å². The van der Waals surface area contributed by atoms with Gasteiger partial charge in [0.05, 0.1) is 18.7 Å². The van der Waals surface area contributed by atoms with Crippen molar-refractivity contribution in [2.24, 2.45) is 0 Å². The molecule has 1 aliphatic rings. The van der Waals surface area contributed by atoms with E-state index in [1.54, 1.807) is 0 Å². The minimum absolute atomic E-state index is 0.0237. The van der Waals surface area contributed by atoms with Gasteiger partial charge in [0.1, 0.15) is 12.4 Å². The zero-order valence-corrected chi connectivity index (χ0v) is 15.8. The van der Waals surface area contributed by atoms with E-state index in [0.717, 1.165) is 42.9 Å². The summed E-state index contributed by atoms with van der Waals surface area (Å²) < 4.78 is 11.3. The molecule has 2 aromatic rings. The number of ether oxygens (including phenoxy) is 2. The van der Waals surface area contributed by atoms with Gasteiger partial charge in [-0.2, -0.15) is 0 Å². The van der Waals surface area contributed by atoms with E-state index in [0.29, 0.717) is 6.61 Å². The Hall–Kier alpha value is -2.53. The summed E-state index contributed by atoms with van der Waals surface area (Å²) in [6.45, 7) is 3.73. The van der Waals surface area contributed by atoms with Gasteiger partial charge >= 0.3 is 0 Å². The first kappa shape index (κ1) is 19.2. The van der Waals surface area contributed by atoms with Crippen molar-refractivity contribution >= 4 is 11.6 Å². The number of benzene rings is 2. The van der Waals surface area contributed by atoms with Crippen LogP contribution in [0.1, 0.15) is 37.8 Å². The van der Waals surface area contributed by atoms with Crippen molar-refractivity contribution in [3.8, 4) is 5.75 Å². The van der Waals surface area contributed by atoms with E-state index in [1.807, 2.05) is 54.6 Å². The van der Waals surface area contributed by atoms with E-state index in [4.69, 9.17) is 9.47 Å². The highest BCUT2D eigenvalue weighted by Crippen LogP contribution is 2.19. The van der Waals surface area contributed by atoms with Gasteiger partial charge in [-0.25, -0.2) is 0 Å². The van der Waals surface area contributed by atoms with Crippen molar-refractivity contribution in [2.45, 2.75) is 38.3 Å². The van der Waals surface area contributed by atoms with Crippen LogP contribution < -0.4 is 15.4 Å². The highest BCUT2D eigenvalue weighted by Gasteiger charge is 2.16. The van der Waals surface area contributed by atoms with Crippen LogP contribution in [0.5, 0.6) is 5.75 Å². The van der Waals surface area contributed by atoms with Crippen LogP contribution in [-0.4, -0.2) is 31.8 Å². The predicted molar refractivity (Wildman–Crippen MR) is 107 cm³/mol. The molecule has 5 heteroatoms. The second kappa shape index (κ2) is 9.97. The van der Waals surface area contributed by atoms with E-state index < -0.39 is 0 Å². The molecular weight excluding hydrogens is 340 g/mol. The summed E-state index contributed by atoms with van der Waals surface area (Å²) in [5.41, 5.74) is 2.02.